The summed E-state index contributed by atoms with van der Waals surface area (Å²) in [5, 5.41) is 17.3. The van der Waals surface area contributed by atoms with Crippen molar-refractivity contribution in [3.8, 4) is 0 Å². The van der Waals surface area contributed by atoms with E-state index in [2.05, 4.69) is 20.6 Å². The van der Waals surface area contributed by atoms with E-state index in [1.807, 2.05) is 26.0 Å². The van der Waals surface area contributed by atoms with Crippen LogP contribution in [0.25, 0.3) is 10.9 Å². The fraction of sp³-hybridized carbons (Fsp3) is 0.407. The minimum Gasteiger partial charge on any atom is -0.390 e. The normalized spacial score (nSPS) is 19.6. The largest absolute Gasteiger partial charge is 0.390 e. The number of para-hydroxylation sites is 1. The lowest BCUT2D eigenvalue weighted by atomic mass is 10.0. The topological polar surface area (TPSA) is 142 Å². The Bertz CT molecular complexity index is 1380. The number of sulfonamides is 1. The van der Waals surface area contributed by atoms with Gasteiger partial charge in [0.2, 0.25) is 5.91 Å². The van der Waals surface area contributed by atoms with Gasteiger partial charge in [0.05, 0.1) is 23.2 Å². The van der Waals surface area contributed by atoms with E-state index in [1.54, 1.807) is 36.5 Å². The lowest BCUT2D eigenvalue weighted by Crippen LogP contribution is -2.54. The Morgan fingerprint density at radius 2 is 1.84 bits per heavy atom. The molecule has 0 saturated carbocycles. The van der Waals surface area contributed by atoms with Crippen molar-refractivity contribution >= 4 is 32.7 Å². The molecule has 0 aliphatic carbocycles. The first kappa shape index (κ1) is 27.6. The molecule has 2 aromatic heterocycles. The average Bonchev–Trinajstić information content (AvgIpc) is 3.09. The molecule has 0 spiro atoms. The van der Waals surface area contributed by atoms with Crippen LogP contribution in [0.15, 0.2) is 66.0 Å². The third kappa shape index (κ3) is 6.35. The Kier molecular flexibility index (Phi) is 8.70. The van der Waals surface area contributed by atoms with Crippen molar-refractivity contribution < 1.29 is 23.1 Å². The first-order valence-electron chi connectivity index (χ1n) is 12.7. The van der Waals surface area contributed by atoms with Crippen molar-refractivity contribution in [2.45, 2.75) is 56.3 Å². The number of carbonyl (C=O) groups excluding carboxylic acids is 2. The van der Waals surface area contributed by atoms with Crippen LogP contribution in [0.2, 0.25) is 0 Å². The number of aliphatic hydroxyl groups excluding tert-OH is 1. The summed E-state index contributed by atoms with van der Waals surface area (Å²) in [6, 6.07) is 12.1. The van der Waals surface area contributed by atoms with Crippen LogP contribution < -0.4 is 10.6 Å². The van der Waals surface area contributed by atoms with Gasteiger partial charge >= 0.3 is 0 Å². The number of carbonyl (C=O) groups is 2. The van der Waals surface area contributed by atoms with Gasteiger partial charge in [-0.15, -0.1) is 0 Å². The summed E-state index contributed by atoms with van der Waals surface area (Å²) < 4.78 is 27.2. The molecule has 3 atom stereocenters. The second kappa shape index (κ2) is 12.0. The number of nitrogens with one attached hydrogen (secondary N) is 2. The van der Waals surface area contributed by atoms with E-state index in [4.69, 9.17) is 0 Å². The molecular formula is C27H33N5O5S. The number of aliphatic hydroxyl groups is 1. The highest BCUT2D eigenvalue weighted by Crippen LogP contribution is 2.20. The summed E-state index contributed by atoms with van der Waals surface area (Å²) >= 11 is 0. The van der Waals surface area contributed by atoms with Crippen molar-refractivity contribution in [2.75, 3.05) is 13.1 Å². The average molecular weight is 540 g/mol. The van der Waals surface area contributed by atoms with E-state index in [1.165, 1.54) is 16.6 Å². The van der Waals surface area contributed by atoms with E-state index < -0.39 is 40.0 Å². The number of rotatable bonds is 8. The minimum absolute atomic E-state index is 0.0858. The third-order valence-corrected chi connectivity index (χ3v) is 8.34. The molecule has 3 aromatic rings. The number of β-amino-alcohol motifs (C(OH)–C–C–N with tert-alkyl or cyclic N) is 1. The summed E-state index contributed by atoms with van der Waals surface area (Å²) in [5.74, 6) is -0.732. The first-order chi connectivity index (χ1) is 18.2. The quantitative estimate of drug-likeness (QED) is 0.398. The number of nitrogens with zero attached hydrogens (tertiary/aromatic N) is 3. The van der Waals surface area contributed by atoms with E-state index in [0.717, 1.165) is 5.39 Å². The summed E-state index contributed by atoms with van der Waals surface area (Å²) in [5.41, 5.74) is 0.916. The van der Waals surface area contributed by atoms with Gasteiger partial charge in [-0.1, -0.05) is 38.1 Å². The lowest BCUT2D eigenvalue weighted by Gasteiger charge is -2.27. The van der Waals surface area contributed by atoms with Gasteiger partial charge in [-0.25, -0.2) is 13.4 Å². The summed E-state index contributed by atoms with van der Waals surface area (Å²) in [4.78, 5) is 34.8. The number of fused-ring (bicyclic) bond motifs is 1. The molecule has 2 unspecified atom stereocenters. The molecule has 1 aromatic carbocycles. The molecule has 1 aliphatic rings. The first-order valence-corrected chi connectivity index (χ1v) is 14.1. The van der Waals surface area contributed by atoms with Gasteiger partial charge in [-0.05, 0) is 49.4 Å². The van der Waals surface area contributed by atoms with Crippen molar-refractivity contribution in [3.63, 3.8) is 0 Å². The maximum Gasteiger partial charge on any atom is 0.260 e. The van der Waals surface area contributed by atoms with E-state index >= 15 is 0 Å². The van der Waals surface area contributed by atoms with Crippen molar-refractivity contribution in [2.24, 2.45) is 5.92 Å². The number of hydrogen-bond donors (Lipinski definition) is 3. The van der Waals surface area contributed by atoms with Crippen LogP contribution >= 0.6 is 0 Å². The van der Waals surface area contributed by atoms with Crippen LogP contribution in [-0.2, 0) is 14.8 Å². The van der Waals surface area contributed by atoms with E-state index in [9.17, 15) is 23.1 Å². The zero-order valence-corrected chi connectivity index (χ0v) is 22.3. The highest BCUT2D eigenvalue weighted by molar-refractivity contribution is 7.89. The fourth-order valence-electron chi connectivity index (χ4n) is 4.64. The maximum atomic E-state index is 13.3. The van der Waals surface area contributed by atoms with Gasteiger partial charge in [0.25, 0.3) is 15.9 Å². The number of amides is 2. The Morgan fingerprint density at radius 1 is 1.08 bits per heavy atom. The number of pyridine rings is 2. The zero-order chi connectivity index (χ0) is 27.3. The van der Waals surface area contributed by atoms with Gasteiger partial charge in [0, 0.05) is 30.9 Å². The third-order valence-electron chi connectivity index (χ3n) is 6.55. The number of aromatic nitrogens is 2. The number of hydrogen-bond acceptors (Lipinski definition) is 7. The monoisotopic (exact) mass is 539 g/mol. The van der Waals surface area contributed by atoms with Crippen molar-refractivity contribution in [3.05, 3.63) is 66.5 Å². The molecule has 1 aliphatic heterocycles. The number of benzene rings is 1. The lowest BCUT2D eigenvalue weighted by molar-refractivity contribution is -0.125. The molecule has 3 N–H and O–H groups in total. The zero-order valence-electron chi connectivity index (χ0n) is 21.4. The van der Waals surface area contributed by atoms with Gasteiger partial charge in [-0.2, -0.15) is 4.31 Å². The highest BCUT2D eigenvalue weighted by atomic mass is 32.2. The van der Waals surface area contributed by atoms with Crippen LogP contribution in [-0.4, -0.2) is 70.9 Å². The minimum atomic E-state index is -3.88. The Morgan fingerprint density at radius 3 is 2.58 bits per heavy atom. The molecule has 202 valence electrons. The summed E-state index contributed by atoms with van der Waals surface area (Å²) in [6.45, 7) is 3.93. The van der Waals surface area contributed by atoms with Gasteiger partial charge in [-0.3, -0.25) is 14.6 Å². The second-order valence-electron chi connectivity index (χ2n) is 9.89. The van der Waals surface area contributed by atoms with Crippen molar-refractivity contribution in [1.82, 2.24) is 24.9 Å². The van der Waals surface area contributed by atoms with Crippen LogP contribution in [0.5, 0.6) is 0 Å². The predicted octanol–water partition coefficient (Wildman–Crippen LogP) is 2.10. The molecule has 0 bridgehead atoms. The van der Waals surface area contributed by atoms with Crippen LogP contribution in [0.3, 0.4) is 0 Å². The molecule has 38 heavy (non-hydrogen) atoms. The fourth-order valence-corrected chi connectivity index (χ4v) is 6.06. The Hall–Kier alpha value is -3.41. The van der Waals surface area contributed by atoms with Gasteiger partial charge in [0.1, 0.15) is 6.04 Å². The smallest absolute Gasteiger partial charge is 0.260 e. The van der Waals surface area contributed by atoms with E-state index in [0.29, 0.717) is 30.3 Å². The second-order valence-corrected chi connectivity index (χ2v) is 11.8. The summed E-state index contributed by atoms with van der Waals surface area (Å²) in [6.07, 6.45) is 3.11. The molecule has 0 radical (unpaired) electrons. The van der Waals surface area contributed by atoms with E-state index in [-0.39, 0.29) is 24.0 Å². The molecular weight excluding hydrogens is 506 g/mol. The Balaban J connectivity index is 1.46. The van der Waals surface area contributed by atoms with Crippen LogP contribution in [0.4, 0.5) is 0 Å². The van der Waals surface area contributed by atoms with Crippen LogP contribution in [0.1, 0.15) is 43.5 Å². The molecule has 3 heterocycles. The molecule has 1 fully saturated rings. The molecule has 10 nitrogen and oxygen atoms in total. The standard InChI is InChI=1S/C27H33N5O5S/c1-18(2)16-22(31-26(34)20-10-5-8-19-9-6-14-29-25(19)20)27(35)30-21-11-7-15-32(17-23(21)33)38(36,37)24-12-3-4-13-28-24/h3-6,8-10,12-14,18,21-23,33H,7,11,15-17H2,1-2H3,(H,30,35)(H,31,34)/t21?,22-,23?/m0/s1. The summed E-state index contributed by atoms with van der Waals surface area (Å²) in [7, 11) is -3.88. The maximum absolute atomic E-state index is 13.3. The Labute approximate surface area is 222 Å². The highest BCUT2D eigenvalue weighted by Gasteiger charge is 2.35. The molecule has 4 rings (SSSR count). The SMILES string of the molecule is CC(C)C[C@H](NC(=O)c1cccc2cccnc12)C(=O)NC1CCCN(S(=O)(=O)c2ccccn2)CC1O. The molecule has 11 heteroatoms. The van der Waals surface area contributed by atoms with Gasteiger partial charge in [0.15, 0.2) is 5.03 Å². The molecule has 1 saturated heterocycles. The predicted molar refractivity (Wildman–Crippen MR) is 143 cm³/mol. The van der Waals surface area contributed by atoms with Crippen LogP contribution in [0, 0.1) is 5.92 Å². The van der Waals surface area contributed by atoms with Crippen molar-refractivity contribution in [1.29, 1.82) is 0 Å². The van der Waals surface area contributed by atoms with Gasteiger partial charge < -0.3 is 15.7 Å². The molecule has 2 amide bonds.